The molecule has 2 saturated carbocycles. The lowest BCUT2D eigenvalue weighted by Crippen LogP contribution is -2.51. The first-order chi connectivity index (χ1) is 9.31. The zero-order valence-corrected chi connectivity index (χ0v) is 12.0. The van der Waals surface area contributed by atoms with Crippen LogP contribution in [-0.4, -0.2) is 44.8 Å². The van der Waals surface area contributed by atoms with Crippen LogP contribution in [0.25, 0.3) is 0 Å². The third-order valence-electron chi connectivity index (χ3n) is 5.06. The van der Waals surface area contributed by atoms with Crippen LogP contribution in [0.2, 0.25) is 0 Å². The Kier molecular flexibility index (Phi) is 4.42. The van der Waals surface area contributed by atoms with E-state index in [4.69, 9.17) is 14.2 Å². The van der Waals surface area contributed by atoms with E-state index in [-0.39, 0.29) is 11.9 Å². The van der Waals surface area contributed by atoms with Gasteiger partial charge in [0.05, 0.1) is 19.3 Å². The fourth-order valence-electron chi connectivity index (χ4n) is 3.54. The Morgan fingerprint density at radius 3 is 2.63 bits per heavy atom. The van der Waals surface area contributed by atoms with Crippen molar-refractivity contribution in [3.8, 4) is 0 Å². The highest BCUT2D eigenvalue weighted by Gasteiger charge is 2.45. The van der Waals surface area contributed by atoms with Gasteiger partial charge in [-0.3, -0.25) is 0 Å². The number of hydrogen-bond donors (Lipinski definition) is 1. The third-order valence-corrected chi connectivity index (χ3v) is 5.06. The van der Waals surface area contributed by atoms with Crippen molar-refractivity contribution in [1.82, 2.24) is 5.32 Å². The molecular formula is C15H27NO3. The summed E-state index contributed by atoms with van der Waals surface area (Å²) in [5.41, 5.74) is 0. The van der Waals surface area contributed by atoms with Gasteiger partial charge in [-0.25, -0.2) is 0 Å². The van der Waals surface area contributed by atoms with Crippen LogP contribution in [0.4, 0.5) is 0 Å². The van der Waals surface area contributed by atoms with Gasteiger partial charge in [-0.05, 0) is 25.8 Å². The van der Waals surface area contributed by atoms with Crippen LogP contribution in [0.15, 0.2) is 0 Å². The summed E-state index contributed by atoms with van der Waals surface area (Å²) in [5.74, 6) is 0.582. The molecule has 0 amide bonds. The molecule has 0 aromatic heterocycles. The van der Waals surface area contributed by atoms with Gasteiger partial charge >= 0.3 is 0 Å². The Labute approximate surface area is 116 Å². The standard InChI is InChI=1S/C15H27NO3/c1-16-13-5-7-15(18-9-10-19-15)11-14(13)17-8-6-12-3-2-4-12/h12-14,16H,2-11H2,1H3. The monoisotopic (exact) mass is 269 g/mol. The van der Waals surface area contributed by atoms with E-state index in [2.05, 4.69) is 5.32 Å². The molecule has 3 aliphatic rings. The molecule has 1 saturated heterocycles. The molecule has 4 nitrogen and oxygen atoms in total. The van der Waals surface area contributed by atoms with Gasteiger partial charge in [-0.15, -0.1) is 0 Å². The lowest BCUT2D eigenvalue weighted by atomic mass is 9.83. The van der Waals surface area contributed by atoms with Crippen molar-refractivity contribution < 1.29 is 14.2 Å². The molecule has 1 heterocycles. The average molecular weight is 269 g/mol. The summed E-state index contributed by atoms with van der Waals surface area (Å²) in [6, 6.07) is 0.444. The number of ether oxygens (including phenoxy) is 3. The topological polar surface area (TPSA) is 39.7 Å². The predicted molar refractivity (Wildman–Crippen MR) is 73.0 cm³/mol. The Balaban J connectivity index is 1.49. The van der Waals surface area contributed by atoms with Crippen LogP contribution in [0.3, 0.4) is 0 Å². The van der Waals surface area contributed by atoms with Gasteiger partial charge < -0.3 is 19.5 Å². The Morgan fingerprint density at radius 1 is 1.21 bits per heavy atom. The van der Waals surface area contributed by atoms with Gasteiger partial charge in [0.2, 0.25) is 0 Å². The van der Waals surface area contributed by atoms with Gasteiger partial charge in [0, 0.05) is 25.5 Å². The summed E-state index contributed by atoms with van der Waals surface area (Å²) >= 11 is 0. The highest BCUT2D eigenvalue weighted by Crippen LogP contribution is 2.37. The van der Waals surface area contributed by atoms with Crippen molar-refractivity contribution in [3.63, 3.8) is 0 Å². The van der Waals surface area contributed by atoms with Gasteiger partial charge in [-0.1, -0.05) is 19.3 Å². The molecule has 0 aromatic carbocycles. The van der Waals surface area contributed by atoms with Crippen LogP contribution in [0, 0.1) is 5.92 Å². The minimum absolute atomic E-state index is 0.233. The molecule has 0 bridgehead atoms. The summed E-state index contributed by atoms with van der Waals surface area (Å²) in [7, 11) is 2.03. The predicted octanol–water partition coefficient (Wildman–Crippen LogP) is 2.08. The van der Waals surface area contributed by atoms with E-state index < -0.39 is 0 Å². The Hall–Kier alpha value is -0.160. The van der Waals surface area contributed by atoms with Gasteiger partial charge in [0.15, 0.2) is 5.79 Å². The summed E-state index contributed by atoms with van der Waals surface area (Å²) in [5, 5.41) is 3.39. The molecule has 1 spiro atoms. The Bertz CT molecular complexity index is 287. The van der Waals surface area contributed by atoms with Crippen molar-refractivity contribution in [1.29, 1.82) is 0 Å². The van der Waals surface area contributed by atoms with E-state index in [0.717, 1.165) is 45.0 Å². The second kappa shape index (κ2) is 6.08. The fraction of sp³-hybridized carbons (Fsp3) is 1.00. The van der Waals surface area contributed by atoms with Crippen LogP contribution >= 0.6 is 0 Å². The maximum Gasteiger partial charge on any atom is 0.171 e. The highest BCUT2D eigenvalue weighted by molar-refractivity contribution is 4.92. The molecule has 2 unspecified atom stereocenters. The molecule has 2 atom stereocenters. The molecule has 1 N–H and O–H groups in total. The van der Waals surface area contributed by atoms with Crippen LogP contribution in [0.5, 0.6) is 0 Å². The van der Waals surface area contributed by atoms with Crippen molar-refractivity contribution in [2.75, 3.05) is 26.9 Å². The maximum atomic E-state index is 6.16. The van der Waals surface area contributed by atoms with Crippen molar-refractivity contribution >= 4 is 0 Å². The largest absolute Gasteiger partial charge is 0.376 e. The SMILES string of the molecule is CNC1CCC2(CC1OCCC1CCC1)OCCO2. The van der Waals surface area contributed by atoms with E-state index in [1.165, 1.54) is 25.7 Å². The van der Waals surface area contributed by atoms with Crippen molar-refractivity contribution in [2.45, 2.75) is 62.9 Å². The van der Waals surface area contributed by atoms with Gasteiger partial charge in [0.1, 0.15) is 0 Å². The lowest BCUT2D eigenvalue weighted by molar-refractivity contribution is -0.207. The van der Waals surface area contributed by atoms with Crippen molar-refractivity contribution in [2.24, 2.45) is 5.92 Å². The van der Waals surface area contributed by atoms with Crippen LogP contribution < -0.4 is 5.32 Å². The second-order valence-electron chi connectivity index (χ2n) is 6.24. The summed E-state index contributed by atoms with van der Waals surface area (Å²) in [4.78, 5) is 0. The van der Waals surface area contributed by atoms with Crippen LogP contribution in [-0.2, 0) is 14.2 Å². The summed E-state index contributed by atoms with van der Waals surface area (Å²) < 4.78 is 17.8. The first kappa shape index (κ1) is 13.8. The molecular weight excluding hydrogens is 242 g/mol. The van der Waals surface area contributed by atoms with Crippen LogP contribution in [0.1, 0.15) is 44.9 Å². The molecule has 19 heavy (non-hydrogen) atoms. The number of hydrogen-bond acceptors (Lipinski definition) is 4. The minimum Gasteiger partial charge on any atom is -0.376 e. The molecule has 2 aliphatic carbocycles. The van der Waals surface area contributed by atoms with Gasteiger partial charge in [-0.2, -0.15) is 0 Å². The first-order valence-electron chi connectivity index (χ1n) is 7.88. The second-order valence-corrected chi connectivity index (χ2v) is 6.24. The van der Waals surface area contributed by atoms with E-state index in [1.54, 1.807) is 0 Å². The lowest BCUT2D eigenvalue weighted by Gasteiger charge is -2.41. The molecule has 1 aliphatic heterocycles. The number of likely N-dealkylation sites (N-methyl/N-ethyl adjacent to an activating group) is 1. The summed E-state index contributed by atoms with van der Waals surface area (Å²) in [6.07, 6.45) is 8.62. The van der Waals surface area contributed by atoms with Gasteiger partial charge in [0.25, 0.3) is 0 Å². The fourth-order valence-corrected chi connectivity index (χ4v) is 3.54. The third kappa shape index (κ3) is 3.13. The smallest absolute Gasteiger partial charge is 0.171 e. The molecule has 3 rings (SSSR count). The van der Waals surface area contributed by atoms with E-state index in [0.29, 0.717) is 6.04 Å². The normalized spacial score (nSPS) is 34.6. The molecule has 3 fully saturated rings. The minimum atomic E-state index is -0.339. The zero-order valence-electron chi connectivity index (χ0n) is 12.0. The number of nitrogens with one attached hydrogen (secondary N) is 1. The molecule has 0 aromatic rings. The average Bonchev–Trinajstić information content (AvgIpc) is 2.81. The van der Waals surface area contributed by atoms with Crippen molar-refractivity contribution in [3.05, 3.63) is 0 Å². The zero-order chi connectivity index (χ0) is 13.1. The number of rotatable bonds is 5. The molecule has 0 radical (unpaired) electrons. The van der Waals surface area contributed by atoms with E-state index in [1.807, 2.05) is 7.05 Å². The Morgan fingerprint density at radius 2 is 2.00 bits per heavy atom. The maximum absolute atomic E-state index is 6.16. The first-order valence-corrected chi connectivity index (χ1v) is 7.88. The van der Waals surface area contributed by atoms with E-state index in [9.17, 15) is 0 Å². The molecule has 4 heteroatoms. The quantitative estimate of drug-likeness (QED) is 0.829. The highest BCUT2D eigenvalue weighted by atomic mass is 16.7. The molecule has 110 valence electrons. The summed E-state index contributed by atoms with van der Waals surface area (Å²) in [6.45, 7) is 2.36. The van der Waals surface area contributed by atoms with E-state index >= 15 is 0 Å².